The highest BCUT2D eigenvalue weighted by molar-refractivity contribution is 5.97. The summed E-state index contributed by atoms with van der Waals surface area (Å²) in [5, 5.41) is 13.3. The molecular weight excluding hydrogens is 220 g/mol. The third-order valence-corrected chi connectivity index (χ3v) is 2.56. The summed E-state index contributed by atoms with van der Waals surface area (Å²) in [5.74, 6) is -0.298. The van der Waals surface area contributed by atoms with Crippen molar-refractivity contribution in [1.82, 2.24) is 25.3 Å². The van der Waals surface area contributed by atoms with E-state index in [2.05, 4.69) is 20.6 Å². The number of aromatic amines is 1. The minimum absolute atomic E-state index is 0.227. The van der Waals surface area contributed by atoms with E-state index in [9.17, 15) is 4.79 Å². The molecular formula is C10H14N6O. The molecule has 0 atom stereocenters. The van der Waals surface area contributed by atoms with Gasteiger partial charge in [-0.3, -0.25) is 14.6 Å². The first-order valence-electron chi connectivity index (χ1n) is 5.15. The molecule has 2 aromatic heterocycles. The molecule has 0 aliphatic heterocycles. The maximum atomic E-state index is 11.8. The molecule has 17 heavy (non-hydrogen) atoms. The monoisotopic (exact) mass is 234 g/mol. The fourth-order valence-electron chi connectivity index (χ4n) is 1.44. The number of nitrogens with one attached hydrogen (secondary N) is 2. The van der Waals surface area contributed by atoms with Crippen LogP contribution in [0.25, 0.3) is 0 Å². The molecule has 90 valence electrons. The van der Waals surface area contributed by atoms with Gasteiger partial charge in [0.05, 0.1) is 23.6 Å². The molecule has 0 saturated heterocycles. The van der Waals surface area contributed by atoms with Gasteiger partial charge < -0.3 is 11.1 Å². The summed E-state index contributed by atoms with van der Waals surface area (Å²) < 4.78 is 1.69. The van der Waals surface area contributed by atoms with Gasteiger partial charge in [0.15, 0.2) is 5.69 Å². The van der Waals surface area contributed by atoms with E-state index in [0.717, 1.165) is 5.69 Å². The number of aromatic nitrogens is 4. The van der Waals surface area contributed by atoms with Crippen molar-refractivity contribution in [2.45, 2.75) is 13.5 Å². The number of carbonyl (C=O) groups is 1. The van der Waals surface area contributed by atoms with E-state index in [4.69, 9.17) is 5.73 Å². The van der Waals surface area contributed by atoms with E-state index < -0.39 is 0 Å². The third kappa shape index (κ3) is 2.12. The Kier molecular flexibility index (Phi) is 2.82. The maximum Gasteiger partial charge on any atom is 0.274 e. The van der Waals surface area contributed by atoms with Crippen LogP contribution in [0.4, 0.5) is 5.69 Å². The Labute approximate surface area is 98.0 Å². The first kappa shape index (κ1) is 11.2. The predicted molar refractivity (Wildman–Crippen MR) is 62.1 cm³/mol. The van der Waals surface area contributed by atoms with E-state index in [1.165, 1.54) is 0 Å². The van der Waals surface area contributed by atoms with E-state index in [1.54, 1.807) is 17.8 Å². The highest BCUT2D eigenvalue weighted by Crippen LogP contribution is 2.12. The first-order chi connectivity index (χ1) is 8.09. The van der Waals surface area contributed by atoms with Gasteiger partial charge in [0.25, 0.3) is 5.91 Å². The van der Waals surface area contributed by atoms with Gasteiger partial charge >= 0.3 is 0 Å². The predicted octanol–water partition coefficient (Wildman–Crippen LogP) is -0.0362. The molecule has 2 rings (SSSR count). The number of anilines is 1. The van der Waals surface area contributed by atoms with Crippen molar-refractivity contribution < 1.29 is 4.79 Å². The number of hydrogen-bond donors (Lipinski definition) is 3. The van der Waals surface area contributed by atoms with Gasteiger partial charge in [-0.15, -0.1) is 0 Å². The second kappa shape index (κ2) is 4.28. The summed E-state index contributed by atoms with van der Waals surface area (Å²) >= 11 is 0. The largest absolute Gasteiger partial charge is 0.395 e. The average Bonchev–Trinajstić information content (AvgIpc) is 2.84. The number of nitrogen functional groups attached to an aromatic ring is 1. The van der Waals surface area contributed by atoms with Crippen molar-refractivity contribution in [3.8, 4) is 0 Å². The van der Waals surface area contributed by atoms with E-state index >= 15 is 0 Å². The lowest BCUT2D eigenvalue weighted by Gasteiger charge is -2.04. The number of hydrogen-bond acceptors (Lipinski definition) is 4. The summed E-state index contributed by atoms with van der Waals surface area (Å²) in [6.07, 6.45) is 1.68. The lowest BCUT2D eigenvalue weighted by molar-refractivity contribution is 0.0946. The van der Waals surface area contributed by atoms with Crippen LogP contribution >= 0.6 is 0 Å². The Morgan fingerprint density at radius 3 is 2.94 bits per heavy atom. The van der Waals surface area contributed by atoms with Crippen molar-refractivity contribution in [3.05, 3.63) is 29.3 Å². The Hall–Kier alpha value is -2.31. The molecule has 0 aliphatic rings. The fraction of sp³-hybridized carbons (Fsp3) is 0.300. The van der Waals surface area contributed by atoms with Gasteiger partial charge in [-0.1, -0.05) is 0 Å². The van der Waals surface area contributed by atoms with Crippen LogP contribution in [-0.4, -0.2) is 25.9 Å². The number of nitrogens with zero attached hydrogens (tertiary/aromatic N) is 3. The fourth-order valence-corrected chi connectivity index (χ4v) is 1.44. The number of carbonyl (C=O) groups excluding carboxylic acids is 1. The topological polar surface area (TPSA) is 102 Å². The Morgan fingerprint density at radius 1 is 1.65 bits per heavy atom. The third-order valence-electron chi connectivity index (χ3n) is 2.56. The van der Waals surface area contributed by atoms with Gasteiger partial charge in [0, 0.05) is 13.2 Å². The molecule has 4 N–H and O–H groups in total. The van der Waals surface area contributed by atoms with Gasteiger partial charge in [0.1, 0.15) is 0 Å². The molecule has 0 bridgehead atoms. The van der Waals surface area contributed by atoms with Crippen LogP contribution in [0, 0.1) is 6.92 Å². The standard InChI is InChI=1S/C10H14N6O/c1-6-8(11)9(15-14-6)10(17)12-5-7-3-4-13-16(7)2/h3-4H,5,11H2,1-2H3,(H,12,17)(H,14,15). The maximum absolute atomic E-state index is 11.8. The van der Waals surface area contributed by atoms with Crippen LogP contribution in [-0.2, 0) is 13.6 Å². The Morgan fingerprint density at radius 2 is 2.41 bits per heavy atom. The lowest BCUT2D eigenvalue weighted by atomic mass is 10.3. The summed E-state index contributed by atoms with van der Waals surface area (Å²) in [6, 6.07) is 1.83. The Balaban J connectivity index is 2.03. The SMILES string of the molecule is Cc1[nH]nc(C(=O)NCc2ccnn2C)c1N. The average molecular weight is 234 g/mol. The van der Waals surface area contributed by atoms with Crippen molar-refractivity contribution >= 4 is 11.6 Å². The minimum Gasteiger partial charge on any atom is -0.395 e. The molecule has 7 nitrogen and oxygen atoms in total. The van der Waals surface area contributed by atoms with Crippen LogP contribution in [0.15, 0.2) is 12.3 Å². The van der Waals surface area contributed by atoms with Crippen LogP contribution in [0.2, 0.25) is 0 Å². The number of amides is 1. The molecule has 0 aromatic carbocycles. The summed E-state index contributed by atoms with van der Waals surface area (Å²) in [4.78, 5) is 11.8. The number of aryl methyl sites for hydroxylation is 2. The van der Waals surface area contributed by atoms with Crippen molar-refractivity contribution in [1.29, 1.82) is 0 Å². The molecule has 1 amide bonds. The Bertz CT molecular complexity index is 541. The second-order valence-electron chi connectivity index (χ2n) is 3.74. The van der Waals surface area contributed by atoms with Gasteiger partial charge in [-0.2, -0.15) is 10.2 Å². The normalized spacial score (nSPS) is 10.5. The zero-order chi connectivity index (χ0) is 12.4. The first-order valence-corrected chi connectivity index (χ1v) is 5.15. The second-order valence-corrected chi connectivity index (χ2v) is 3.74. The summed E-state index contributed by atoms with van der Waals surface area (Å²) in [7, 11) is 1.81. The molecule has 0 radical (unpaired) electrons. The zero-order valence-electron chi connectivity index (χ0n) is 9.69. The molecule has 7 heteroatoms. The van der Waals surface area contributed by atoms with Crippen LogP contribution in [0.3, 0.4) is 0 Å². The van der Waals surface area contributed by atoms with Gasteiger partial charge in [-0.05, 0) is 13.0 Å². The van der Waals surface area contributed by atoms with E-state index in [1.807, 2.05) is 13.1 Å². The number of H-pyrrole nitrogens is 1. The molecule has 0 saturated carbocycles. The molecule has 0 spiro atoms. The van der Waals surface area contributed by atoms with E-state index in [0.29, 0.717) is 17.9 Å². The van der Waals surface area contributed by atoms with Crippen LogP contribution in [0.5, 0.6) is 0 Å². The number of nitrogens with two attached hydrogens (primary N) is 1. The highest BCUT2D eigenvalue weighted by Gasteiger charge is 2.15. The molecule has 0 aliphatic carbocycles. The van der Waals surface area contributed by atoms with Crippen molar-refractivity contribution in [3.63, 3.8) is 0 Å². The molecule has 0 unspecified atom stereocenters. The van der Waals surface area contributed by atoms with Gasteiger partial charge in [-0.25, -0.2) is 0 Å². The highest BCUT2D eigenvalue weighted by atomic mass is 16.1. The quantitative estimate of drug-likeness (QED) is 0.693. The minimum atomic E-state index is -0.298. The lowest BCUT2D eigenvalue weighted by Crippen LogP contribution is -2.25. The molecule has 0 fully saturated rings. The molecule has 2 aromatic rings. The van der Waals surface area contributed by atoms with Crippen LogP contribution in [0.1, 0.15) is 21.9 Å². The van der Waals surface area contributed by atoms with Crippen LogP contribution < -0.4 is 11.1 Å². The summed E-state index contributed by atoms with van der Waals surface area (Å²) in [6.45, 7) is 2.15. The van der Waals surface area contributed by atoms with Crippen molar-refractivity contribution in [2.75, 3.05) is 5.73 Å². The van der Waals surface area contributed by atoms with E-state index in [-0.39, 0.29) is 11.6 Å². The zero-order valence-corrected chi connectivity index (χ0v) is 9.69. The summed E-state index contributed by atoms with van der Waals surface area (Å²) in [5.41, 5.74) is 7.92. The van der Waals surface area contributed by atoms with Crippen molar-refractivity contribution in [2.24, 2.45) is 7.05 Å². The van der Waals surface area contributed by atoms with Gasteiger partial charge in [0.2, 0.25) is 0 Å². The number of rotatable bonds is 3. The molecule has 2 heterocycles. The smallest absolute Gasteiger partial charge is 0.274 e.